The van der Waals surface area contributed by atoms with Crippen LogP contribution in [0.2, 0.25) is 0 Å². The Hall–Kier alpha value is -1.67. The predicted octanol–water partition coefficient (Wildman–Crippen LogP) is 1.00. The Kier molecular flexibility index (Phi) is 6.00. The number of fused-ring (bicyclic) bond motifs is 2. The lowest BCUT2D eigenvalue weighted by molar-refractivity contribution is -0.672. The lowest BCUT2D eigenvalue weighted by Gasteiger charge is -2.12. The summed E-state index contributed by atoms with van der Waals surface area (Å²) >= 11 is 1.74. The van der Waals surface area contributed by atoms with Crippen LogP contribution in [0.1, 0.15) is 35.2 Å². The van der Waals surface area contributed by atoms with Gasteiger partial charge in [-0.2, -0.15) is 4.57 Å². The van der Waals surface area contributed by atoms with E-state index in [0.717, 1.165) is 41.1 Å². The van der Waals surface area contributed by atoms with E-state index in [1.807, 2.05) is 18.7 Å². The maximum Gasteiger partial charge on any atom is 0.346 e. The Bertz CT molecular complexity index is 1120. The maximum atomic E-state index is 13.2. The quantitative estimate of drug-likeness (QED) is 0.391. The maximum absolute atomic E-state index is 13.2. The molecule has 0 atom stereocenters. The topological polar surface area (TPSA) is 29.1 Å². The lowest BCUT2D eigenvalue weighted by Crippen LogP contribution is -3.00. The number of halogens is 1. The molecule has 0 aliphatic carbocycles. The van der Waals surface area contributed by atoms with Gasteiger partial charge < -0.3 is 28.9 Å². The van der Waals surface area contributed by atoms with Crippen molar-refractivity contribution in [3.05, 3.63) is 56.4 Å². The average Bonchev–Trinajstić information content (AvgIpc) is 3.19. The van der Waals surface area contributed by atoms with Crippen LogP contribution in [-0.4, -0.2) is 18.7 Å². The van der Waals surface area contributed by atoms with E-state index in [-0.39, 0.29) is 29.5 Å². The number of allylic oxidation sites excluding steroid dienone is 1. The second kappa shape index (κ2) is 7.99. The molecule has 148 valence electrons. The van der Waals surface area contributed by atoms with Crippen molar-refractivity contribution in [2.24, 2.45) is 0 Å². The Balaban J connectivity index is 0.00000225. The summed E-state index contributed by atoms with van der Waals surface area (Å²) in [5.41, 5.74) is 4.91. The first-order valence-corrected chi connectivity index (χ1v) is 10.3. The van der Waals surface area contributed by atoms with Gasteiger partial charge in [0, 0.05) is 36.7 Å². The Morgan fingerprint density at radius 1 is 1.21 bits per heavy atom. The third kappa shape index (κ3) is 3.30. The normalized spacial score (nSPS) is 14.4. The molecule has 1 aliphatic rings. The highest BCUT2D eigenvalue weighted by Crippen LogP contribution is 2.31. The van der Waals surface area contributed by atoms with E-state index < -0.39 is 0 Å². The van der Waals surface area contributed by atoms with Crippen LogP contribution in [0.4, 0.5) is 5.69 Å². The van der Waals surface area contributed by atoms with E-state index in [1.165, 1.54) is 21.7 Å². The fourth-order valence-electron chi connectivity index (χ4n) is 3.92. The zero-order valence-corrected chi connectivity index (χ0v) is 20.0. The molecule has 4 rings (SSSR count). The van der Waals surface area contributed by atoms with Crippen molar-refractivity contribution in [1.29, 1.82) is 0 Å². The van der Waals surface area contributed by atoms with Gasteiger partial charge in [0.25, 0.3) is 5.82 Å². The summed E-state index contributed by atoms with van der Waals surface area (Å²) in [6, 6.07) is 8.57. The van der Waals surface area contributed by atoms with Crippen LogP contribution >= 0.6 is 11.3 Å². The molecule has 6 heteroatoms. The standard InChI is InChI=1S/C22H26N3OS.HI/c1-6-24-20-17(13-16-7-9-18(10-8-16)23(4)5)11-12-25(20)21(26)19-14(2)15(3)27-22(19)24;/h7-10,13H,6,11-12H2,1-5H3;1H/q+1;/p-1. The Labute approximate surface area is 187 Å². The van der Waals surface area contributed by atoms with Gasteiger partial charge in [-0.3, -0.25) is 0 Å². The summed E-state index contributed by atoms with van der Waals surface area (Å²) in [6.45, 7) is 7.97. The average molecular weight is 507 g/mol. The molecule has 3 aromatic rings. The van der Waals surface area contributed by atoms with Gasteiger partial charge in [-0.25, -0.2) is 9.36 Å². The smallest absolute Gasteiger partial charge is 0.346 e. The molecule has 0 radical (unpaired) electrons. The molecule has 0 saturated heterocycles. The van der Waals surface area contributed by atoms with Crippen molar-refractivity contribution in [2.45, 2.75) is 40.3 Å². The molecule has 1 aromatic carbocycles. The number of hydrogen-bond donors (Lipinski definition) is 0. The molecule has 28 heavy (non-hydrogen) atoms. The molecular formula is C22H26IN3OS. The van der Waals surface area contributed by atoms with Crippen LogP contribution in [0, 0.1) is 13.8 Å². The number of nitrogens with zero attached hydrogens (tertiary/aromatic N) is 3. The zero-order chi connectivity index (χ0) is 19.3. The minimum absolute atomic E-state index is 0. The first-order valence-electron chi connectivity index (χ1n) is 9.47. The van der Waals surface area contributed by atoms with Gasteiger partial charge in [0.1, 0.15) is 5.39 Å². The highest BCUT2D eigenvalue weighted by molar-refractivity contribution is 7.18. The molecular weight excluding hydrogens is 481 g/mol. The van der Waals surface area contributed by atoms with Gasteiger partial charge >= 0.3 is 5.56 Å². The number of benzene rings is 1. The zero-order valence-electron chi connectivity index (χ0n) is 17.0. The fraction of sp³-hybridized carbons (Fsp3) is 0.364. The molecule has 1 aliphatic heterocycles. The molecule has 3 heterocycles. The van der Waals surface area contributed by atoms with Crippen LogP contribution < -0.4 is 39.0 Å². The number of rotatable bonds is 3. The van der Waals surface area contributed by atoms with Crippen molar-refractivity contribution in [3.63, 3.8) is 0 Å². The number of hydrogen-bond acceptors (Lipinski definition) is 3. The molecule has 0 fully saturated rings. The second-order valence-corrected chi connectivity index (χ2v) is 8.60. The first kappa shape index (κ1) is 21.0. The summed E-state index contributed by atoms with van der Waals surface area (Å²) in [7, 11) is 4.10. The number of thiophene rings is 1. The van der Waals surface area contributed by atoms with Gasteiger partial charge in [0.05, 0.1) is 13.1 Å². The summed E-state index contributed by atoms with van der Waals surface area (Å²) in [5, 5.41) is 0.902. The summed E-state index contributed by atoms with van der Waals surface area (Å²) < 4.78 is 4.30. The van der Waals surface area contributed by atoms with E-state index in [4.69, 9.17) is 0 Å². The fourth-order valence-corrected chi connectivity index (χ4v) is 5.14. The van der Waals surface area contributed by atoms with Gasteiger partial charge in [-0.05, 0) is 50.1 Å². The van der Waals surface area contributed by atoms with Crippen molar-refractivity contribution in [3.8, 4) is 0 Å². The van der Waals surface area contributed by atoms with Crippen LogP contribution in [0.15, 0.2) is 29.1 Å². The molecule has 0 amide bonds. The van der Waals surface area contributed by atoms with E-state index in [0.29, 0.717) is 0 Å². The minimum atomic E-state index is 0. The highest BCUT2D eigenvalue weighted by atomic mass is 127. The van der Waals surface area contributed by atoms with Crippen molar-refractivity contribution in [2.75, 3.05) is 19.0 Å². The van der Waals surface area contributed by atoms with Crippen molar-refractivity contribution >= 4 is 38.9 Å². The second-order valence-electron chi connectivity index (χ2n) is 7.39. The van der Waals surface area contributed by atoms with E-state index in [1.54, 1.807) is 11.3 Å². The molecule has 0 spiro atoms. The number of aromatic nitrogens is 2. The number of aryl methyl sites for hydroxylation is 3. The molecule has 0 unspecified atom stereocenters. The van der Waals surface area contributed by atoms with Gasteiger partial charge in [-0.15, -0.1) is 0 Å². The highest BCUT2D eigenvalue weighted by Gasteiger charge is 2.33. The largest absolute Gasteiger partial charge is 1.00 e. The van der Waals surface area contributed by atoms with E-state index in [9.17, 15) is 4.79 Å². The Morgan fingerprint density at radius 2 is 1.89 bits per heavy atom. The van der Waals surface area contributed by atoms with Gasteiger partial charge in [0.15, 0.2) is 4.83 Å². The van der Waals surface area contributed by atoms with Crippen LogP contribution in [0.25, 0.3) is 21.9 Å². The van der Waals surface area contributed by atoms with Gasteiger partial charge in [-0.1, -0.05) is 23.5 Å². The monoisotopic (exact) mass is 507 g/mol. The SMILES string of the molecule is CC[n+]1c2n(c(=O)c3c(C)c(C)sc31)CC/C2=C\c1ccc(N(C)C)cc1.[I-]. The molecule has 0 bridgehead atoms. The minimum Gasteiger partial charge on any atom is -1.00 e. The van der Waals surface area contributed by atoms with Crippen LogP contribution in [0.5, 0.6) is 0 Å². The molecule has 4 nitrogen and oxygen atoms in total. The summed E-state index contributed by atoms with van der Waals surface area (Å²) in [5.74, 6) is 1.08. The molecule has 2 aromatic heterocycles. The molecule has 0 saturated carbocycles. The Morgan fingerprint density at radius 3 is 2.50 bits per heavy atom. The molecule has 0 N–H and O–H groups in total. The number of anilines is 1. The first-order chi connectivity index (χ1) is 12.9. The van der Waals surface area contributed by atoms with E-state index in [2.05, 4.69) is 60.6 Å². The summed E-state index contributed by atoms with van der Waals surface area (Å²) in [6.07, 6.45) is 3.14. The van der Waals surface area contributed by atoms with Crippen LogP contribution in [0.3, 0.4) is 0 Å². The van der Waals surface area contributed by atoms with Gasteiger partial charge in [0.2, 0.25) is 0 Å². The van der Waals surface area contributed by atoms with E-state index >= 15 is 0 Å². The van der Waals surface area contributed by atoms with Crippen LogP contribution in [-0.2, 0) is 13.1 Å². The third-order valence-electron chi connectivity index (χ3n) is 5.54. The summed E-state index contributed by atoms with van der Waals surface area (Å²) in [4.78, 5) is 17.6. The lowest BCUT2D eigenvalue weighted by atomic mass is 10.1. The predicted molar refractivity (Wildman–Crippen MR) is 115 cm³/mol. The third-order valence-corrected chi connectivity index (χ3v) is 6.77. The van der Waals surface area contributed by atoms with Crippen molar-refractivity contribution < 1.29 is 28.5 Å². The van der Waals surface area contributed by atoms with Crippen molar-refractivity contribution in [1.82, 2.24) is 4.57 Å².